The van der Waals surface area contributed by atoms with Crippen LogP contribution in [-0.2, 0) is 6.42 Å². The molecule has 0 saturated carbocycles. The van der Waals surface area contributed by atoms with Gasteiger partial charge in [-0.25, -0.2) is 0 Å². The lowest BCUT2D eigenvalue weighted by Gasteiger charge is -2.22. The SMILES string of the molecule is C/C(=C\Cc1ccc(C)cc1)[C@H](C)[C@H](C[N+](=O)[O-])c1ccccc1. The molecule has 0 radical (unpaired) electrons. The summed E-state index contributed by atoms with van der Waals surface area (Å²) in [6.45, 7) is 6.20. The van der Waals surface area contributed by atoms with E-state index in [-0.39, 0.29) is 23.3 Å². The minimum absolute atomic E-state index is 0.0408. The molecule has 0 amide bonds. The highest BCUT2D eigenvalue weighted by Crippen LogP contribution is 2.30. The molecule has 2 atom stereocenters. The number of hydrogen-bond donors (Lipinski definition) is 0. The molecule has 0 bridgehead atoms. The van der Waals surface area contributed by atoms with Crippen LogP contribution in [-0.4, -0.2) is 11.5 Å². The Kier molecular flexibility index (Phi) is 6.30. The van der Waals surface area contributed by atoms with Crippen LogP contribution >= 0.6 is 0 Å². The van der Waals surface area contributed by atoms with Gasteiger partial charge in [0, 0.05) is 4.92 Å². The summed E-state index contributed by atoms with van der Waals surface area (Å²) < 4.78 is 0. The van der Waals surface area contributed by atoms with Gasteiger partial charge in [-0.15, -0.1) is 0 Å². The second kappa shape index (κ2) is 8.44. The quantitative estimate of drug-likeness (QED) is 0.400. The number of hydrogen-bond acceptors (Lipinski definition) is 2. The fourth-order valence-electron chi connectivity index (χ4n) is 2.92. The first-order valence-corrected chi connectivity index (χ1v) is 8.36. The van der Waals surface area contributed by atoms with Crippen LogP contribution in [0.2, 0.25) is 0 Å². The van der Waals surface area contributed by atoms with E-state index < -0.39 is 0 Å². The van der Waals surface area contributed by atoms with Crippen molar-refractivity contribution in [3.05, 3.63) is 93.1 Å². The van der Waals surface area contributed by atoms with E-state index in [4.69, 9.17) is 0 Å². The van der Waals surface area contributed by atoms with Crippen molar-refractivity contribution in [3.8, 4) is 0 Å². The third kappa shape index (κ3) is 5.05. The Bertz CT molecular complexity index is 690. The van der Waals surface area contributed by atoms with Gasteiger partial charge in [0.05, 0.1) is 5.92 Å². The minimum atomic E-state index is -0.207. The Balaban J connectivity index is 2.15. The monoisotopic (exact) mass is 323 g/mol. The smallest absolute Gasteiger partial charge is 0.211 e. The predicted octanol–water partition coefficient (Wildman–Crippen LogP) is 5.18. The molecular formula is C21H25NO2. The van der Waals surface area contributed by atoms with E-state index in [1.54, 1.807) is 0 Å². The number of allylic oxidation sites excluding steroid dienone is 2. The van der Waals surface area contributed by atoms with Crippen molar-refractivity contribution in [2.24, 2.45) is 5.92 Å². The highest BCUT2D eigenvalue weighted by atomic mass is 16.6. The minimum Gasteiger partial charge on any atom is -0.265 e. The summed E-state index contributed by atoms with van der Waals surface area (Å²) in [6.07, 6.45) is 3.06. The summed E-state index contributed by atoms with van der Waals surface area (Å²) in [6, 6.07) is 18.3. The van der Waals surface area contributed by atoms with Gasteiger partial charge in [-0.2, -0.15) is 0 Å². The summed E-state index contributed by atoms with van der Waals surface area (Å²) in [5, 5.41) is 11.1. The second-order valence-corrected chi connectivity index (χ2v) is 6.46. The maximum atomic E-state index is 11.1. The van der Waals surface area contributed by atoms with Crippen LogP contribution in [0.3, 0.4) is 0 Å². The third-order valence-corrected chi connectivity index (χ3v) is 4.68. The molecule has 0 aliphatic carbocycles. The summed E-state index contributed by atoms with van der Waals surface area (Å²) in [4.78, 5) is 10.9. The summed E-state index contributed by atoms with van der Waals surface area (Å²) in [5.41, 5.74) is 4.75. The lowest BCUT2D eigenvalue weighted by molar-refractivity contribution is -0.484. The second-order valence-electron chi connectivity index (χ2n) is 6.46. The first-order chi connectivity index (χ1) is 11.5. The summed E-state index contributed by atoms with van der Waals surface area (Å²) in [7, 11) is 0. The fourth-order valence-corrected chi connectivity index (χ4v) is 2.92. The molecule has 0 fully saturated rings. The number of nitrogens with zero attached hydrogens (tertiary/aromatic N) is 1. The summed E-state index contributed by atoms with van der Waals surface area (Å²) >= 11 is 0. The molecule has 2 rings (SSSR count). The molecule has 0 aliphatic heterocycles. The molecule has 0 N–H and O–H groups in total. The van der Waals surface area contributed by atoms with Gasteiger partial charge >= 0.3 is 0 Å². The van der Waals surface area contributed by atoms with Crippen LogP contribution in [0.5, 0.6) is 0 Å². The summed E-state index contributed by atoms with van der Waals surface area (Å²) in [5.74, 6) is 0.0266. The van der Waals surface area contributed by atoms with Crippen LogP contribution < -0.4 is 0 Å². The average molecular weight is 323 g/mol. The van der Waals surface area contributed by atoms with Crippen molar-refractivity contribution in [2.45, 2.75) is 33.1 Å². The van der Waals surface area contributed by atoms with Crippen LogP contribution in [0, 0.1) is 23.0 Å². The molecule has 0 aliphatic rings. The van der Waals surface area contributed by atoms with Gasteiger partial charge < -0.3 is 0 Å². The molecular weight excluding hydrogens is 298 g/mol. The van der Waals surface area contributed by atoms with Crippen LogP contribution in [0.15, 0.2) is 66.2 Å². The Hall–Kier alpha value is -2.42. The maximum absolute atomic E-state index is 11.1. The van der Waals surface area contributed by atoms with Crippen molar-refractivity contribution in [2.75, 3.05) is 6.54 Å². The molecule has 0 saturated heterocycles. The Labute approximate surface area is 144 Å². The van der Waals surface area contributed by atoms with Crippen LogP contribution in [0.25, 0.3) is 0 Å². The van der Waals surface area contributed by atoms with Crippen molar-refractivity contribution in [1.29, 1.82) is 0 Å². The normalized spacial score (nSPS) is 14.2. The Morgan fingerprint density at radius 1 is 1.12 bits per heavy atom. The van der Waals surface area contributed by atoms with Gasteiger partial charge in [-0.3, -0.25) is 10.1 Å². The number of aryl methyl sites for hydroxylation is 1. The zero-order valence-corrected chi connectivity index (χ0v) is 14.6. The van der Waals surface area contributed by atoms with E-state index in [1.807, 2.05) is 30.3 Å². The van der Waals surface area contributed by atoms with Crippen molar-refractivity contribution in [3.63, 3.8) is 0 Å². The Morgan fingerprint density at radius 3 is 2.33 bits per heavy atom. The molecule has 0 heterocycles. The van der Waals surface area contributed by atoms with E-state index in [0.717, 1.165) is 12.0 Å². The molecule has 0 spiro atoms. The highest BCUT2D eigenvalue weighted by molar-refractivity contribution is 5.26. The average Bonchev–Trinajstić information content (AvgIpc) is 2.59. The number of rotatable bonds is 7. The molecule has 0 unspecified atom stereocenters. The highest BCUT2D eigenvalue weighted by Gasteiger charge is 2.25. The molecule has 0 aromatic heterocycles. The first kappa shape index (κ1) is 17.9. The molecule has 3 heteroatoms. The maximum Gasteiger partial charge on any atom is 0.211 e. The van der Waals surface area contributed by atoms with Gasteiger partial charge in [0.25, 0.3) is 0 Å². The fraction of sp³-hybridized carbons (Fsp3) is 0.333. The van der Waals surface area contributed by atoms with Gasteiger partial charge in [0.1, 0.15) is 0 Å². The van der Waals surface area contributed by atoms with E-state index in [1.165, 1.54) is 16.7 Å². The van der Waals surface area contributed by atoms with E-state index in [2.05, 4.69) is 51.1 Å². The molecule has 3 nitrogen and oxygen atoms in total. The lowest BCUT2D eigenvalue weighted by atomic mass is 9.82. The van der Waals surface area contributed by atoms with E-state index in [9.17, 15) is 10.1 Å². The van der Waals surface area contributed by atoms with E-state index >= 15 is 0 Å². The van der Waals surface area contributed by atoms with Crippen LogP contribution in [0.1, 0.15) is 36.5 Å². The van der Waals surface area contributed by atoms with Gasteiger partial charge in [0.15, 0.2) is 0 Å². The van der Waals surface area contributed by atoms with Crippen molar-refractivity contribution in [1.82, 2.24) is 0 Å². The lowest BCUT2D eigenvalue weighted by Crippen LogP contribution is -2.20. The van der Waals surface area contributed by atoms with Crippen LogP contribution in [0.4, 0.5) is 0 Å². The molecule has 126 valence electrons. The largest absolute Gasteiger partial charge is 0.265 e. The predicted molar refractivity (Wildman–Crippen MR) is 98.8 cm³/mol. The molecule has 24 heavy (non-hydrogen) atoms. The first-order valence-electron chi connectivity index (χ1n) is 8.36. The molecule has 2 aromatic rings. The van der Waals surface area contributed by atoms with Crippen molar-refractivity contribution < 1.29 is 4.92 Å². The van der Waals surface area contributed by atoms with Gasteiger partial charge in [-0.1, -0.05) is 78.7 Å². The standard InChI is InChI=1S/C21H25NO2/c1-16-9-12-19(13-10-16)14-11-17(2)18(3)21(15-22(23)24)20-7-5-4-6-8-20/h4-13,18,21H,14-15H2,1-3H3/b17-11+/t18-,21-/m0/s1. The molecule has 2 aromatic carbocycles. The number of nitro groups is 1. The Morgan fingerprint density at radius 2 is 1.75 bits per heavy atom. The van der Waals surface area contributed by atoms with E-state index in [0.29, 0.717) is 0 Å². The number of benzene rings is 2. The van der Waals surface area contributed by atoms with Gasteiger partial charge in [-0.05, 0) is 37.3 Å². The van der Waals surface area contributed by atoms with Crippen molar-refractivity contribution >= 4 is 0 Å². The topological polar surface area (TPSA) is 43.1 Å². The zero-order chi connectivity index (χ0) is 17.5. The third-order valence-electron chi connectivity index (χ3n) is 4.68. The zero-order valence-electron chi connectivity index (χ0n) is 14.6. The van der Waals surface area contributed by atoms with Gasteiger partial charge in [0.2, 0.25) is 6.54 Å².